The first-order chi connectivity index (χ1) is 9.86. The maximum atomic E-state index is 11.8. The molecular weight excluding hydrogens is 280 g/mol. The Kier molecular flexibility index (Phi) is 5.65. The predicted octanol–water partition coefficient (Wildman–Crippen LogP) is 1.24. The minimum absolute atomic E-state index is 0.0169. The van der Waals surface area contributed by atoms with Crippen LogP contribution in [0.25, 0.3) is 0 Å². The number of nitro benzene ring substituents is 1. The lowest BCUT2D eigenvalue weighted by atomic mass is 10.2. The third-order valence-corrected chi connectivity index (χ3v) is 2.52. The van der Waals surface area contributed by atoms with Crippen molar-refractivity contribution in [2.75, 3.05) is 27.3 Å². The van der Waals surface area contributed by atoms with Crippen LogP contribution in [0.4, 0.5) is 5.69 Å². The van der Waals surface area contributed by atoms with Gasteiger partial charge in [0.15, 0.2) is 12.4 Å². The van der Waals surface area contributed by atoms with Crippen LogP contribution < -0.4 is 4.74 Å². The van der Waals surface area contributed by atoms with Gasteiger partial charge in [-0.2, -0.15) is 0 Å². The van der Waals surface area contributed by atoms with Gasteiger partial charge in [0.05, 0.1) is 17.1 Å². The van der Waals surface area contributed by atoms with E-state index in [2.05, 4.69) is 0 Å². The van der Waals surface area contributed by atoms with Crippen LogP contribution in [0.2, 0.25) is 0 Å². The van der Waals surface area contributed by atoms with Gasteiger partial charge in [0.1, 0.15) is 0 Å². The summed E-state index contributed by atoms with van der Waals surface area (Å²) in [6.45, 7) is 1.54. The van der Waals surface area contributed by atoms with Crippen LogP contribution in [0, 0.1) is 10.1 Å². The molecule has 1 aromatic rings. The molecule has 0 bridgehead atoms. The van der Waals surface area contributed by atoms with Crippen LogP contribution in [0.15, 0.2) is 18.2 Å². The van der Waals surface area contributed by atoms with Gasteiger partial charge >= 0.3 is 11.7 Å². The van der Waals surface area contributed by atoms with Gasteiger partial charge in [-0.25, -0.2) is 4.79 Å². The number of hydrogen-bond donors (Lipinski definition) is 0. The lowest BCUT2D eigenvalue weighted by Crippen LogP contribution is -2.27. The maximum Gasteiger partial charge on any atom is 0.338 e. The molecule has 0 N–H and O–H groups in total. The Balaban J connectivity index is 2.88. The zero-order valence-electron chi connectivity index (χ0n) is 12.0. The zero-order valence-corrected chi connectivity index (χ0v) is 12.0. The first-order valence-corrected chi connectivity index (χ1v) is 6.15. The fourth-order valence-electron chi connectivity index (χ4n) is 1.40. The van der Waals surface area contributed by atoms with Gasteiger partial charge in [0, 0.05) is 20.2 Å². The minimum Gasteiger partial charge on any atom is -0.487 e. The van der Waals surface area contributed by atoms with Crippen LogP contribution in [-0.2, 0) is 9.53 Å². The van der Waals surface area contributed by atoms with Gasteiger partial charge < -0.3 is 14.4 Å². The van der Waals surface area contributed by atoms with Crippen LogP contribution in [0.5, 0.6) is 5.75 Å². The van der Waals surface area contributed by atoms with E-state index in [1.807, 2.05) is 0 Å². The van der Waals surface area contributed by atoms with Crippen molar-refractivity contribution in [3.8, 4) is 5.75 Å². The Labute approximate surface area is 121 Å². The smallest absolute Gasteiger partial charge is 0.338 e. The number of nitro groups is 1. The quantitative estimate of drug-likeness (QED) is 0.445. The fourth-order valence-corrected chi connectivity index (χ4v) is 1.40. The van der Waals surface area contributed by atoms with Crippen LogP contribution >= 0.6 is 0 Å². The third kappa shape index (κ3) is 4.44. The largest absolute Gasteiger partial charge is 0.487 e. The second kappa shape index (κ2) is 7.22. The minimum atomic E-state index is -0.809. The van der Waals surface area contributed by atoms with E-state index < -0.39 is 17.5 Å². The Morgan fingerprint density at radius 2 is 2.00 bits per heavy atom. The topological polar surface area (TPSA) is 99.0 Å². The molecule has 0 aliphatic rings. The average Bonchev–Trinajstić information content (AvgIpc) is 2.44. The van der Waals surface area contributed by atoms with Gasteiger partial charge in [-0.1, -0.05) is 0 Å². The molecule has 0 aliphatic heterocycles. The predicted molar refractivity (Wildman–Crippen MR) is 73.2 cm³/mol. The van der Waals surface area contributed by atoms with E-state index in [0.717, 1.165) is 6.07 Å². The summed E-state index contributed by atoms with van der Waals surface area (Å²) in [7, 11) is 3.05. The number of benzene rings is 1. The van der Waals surface area contributed by atoms with Crippen LogP contribution in [0.3, 0.4) is 0 Å². The van der Waals surface area contributed by atoms with Crippen molar-refractivity contribution in [3.05, 3.63) is 33.9 Å². The van der Waals surface area contributed by atoms with E-state index in [1.54, 1.807) is 6.92 Å². The number of amides is 1. The van der Waals surface area contributed by atoms with Gasteiger partial charge in [0.25, 0.3) is 5.91 Å². The molecule has 0 saturated carbocycles. The highest BCUT2D eigenvalue weighted by molar-refractivity contribution is 5.92. The molecule has 8 nitrogen and oxygen atoms in total. The molecule has 0 heterocycles. The molecule has 1 rings (SSSR count). The monoisotopic (exact) mass is 296 g/mol. The summed E-state index contributed by atoms with van der Waals surface area (Å²) in [5, 5.41) is 10.9. The Bertz CT molecular complexity index is 556. The summed E-state index contributed by atoms with van der Waals surface area (Å²) in [6, 6.07) is 3.74. The van der Waals surface area contributed by atoms with Crippen molar-refractivity contribution < 1.29 is 24.0 Å². The standard InChI is InChI=1S/C13H16N2O6/c1-4-20-11-6-5-9(7-10(11)15(18)19)13(17)21-8-12(16)14(2)3/h5-7H,4,8H2,1-3H3. The Morgan fingerprint density at radius 3 is 2.52 bits per heavy atom. The molecule has 8 heteroatoms. The molecule has 0 spiro atoms. The van der Waals surface area contributed by atoms with Crippen molar-refractivity contribution in [1.82, 2.24) is 4.90 Å². The average molecular weight is 296 g/mol. The van der Waals surface area contributed by atoms with Crippen molar-refractivity contribution >= 4 is 17.6 Å². The van der Waals surface area contributed by atoms with Crippen molar-refractivity contribution in [1.29, 1.82) is 0 Å². The van der Waals surface area contributed by atoms with E-state index >= 15 is 0 Å². The van der Waals surface area contributed by atoms with Crippen molar-refractivity contribution in [2.45, 2.75) is 6.92 Å². The molecule has 1 amide bonds. The molecule has 0 saturated heterocycles. The first-order valence-electron chi connectivity index (χ1n) is 6.15. The lowest BCUT2D eigenvalue weighted by Gasteiger charge is -2.10. The Hall–Kier alpha value is -2.64. The number of likely N-dealkylation sites (N-methyl/N-ethyl adjacent to an activating group) is 1. The summed E-state index contributed by atoms with van der Waals surface area (Å²) < 4.78 is 9.90. The molecule has 0 aromatic heterocycles. The molecule has 21 heavy (non-hydrogen) atoms. The highest BCUT2D eigenvalue weighted by Crippen LogP contribution is 2.28. The molecule has 1 aromatic carbocycles. The first kappa shape index (κ1) is 16.4. The van der Waals surface area contributed by atoms with Gasteiger partial charge in [-0.15, -0.1) is 0 Å². The van der Waals surface area contributed by atoms with Gasteiger partial charge in [-0.3, -0.25) is 14.9 Å². The van der Waals surface area contributed by atoms with Crippen LogP contribution in [0.1, 0.15) is 17.3 Å². The van der Waals surface area contributed by atoms with Gasteiger partial charge in [-0.05, 0) is 19.1 Å². The molecule has 114 valence electrons. The molecule has 0 aliphatic carbocycles. The molecule has 0 radical (unpaired) electrons. The summed E-state index contributed by atoms with van der Waals surface area (Å²) in [6.07, 6.45) is 0. The van der Waals surface area contributed by atoms with Gasteiger partial charge in [0.2, 0.25) is 0 Å². The van der Waals surface area contributed by atoms with Crippen molar-refractivity contribution in [2.24, 2.45) is 0 Å². The highest BCUT2D eigenvalue weighted by Gasteiger charge is 2.20. The van der Waals surface area contributed by atoms with Crippen molar-refractivity contribution in [3.63, 3.8) is 0 Å². The molecule has 0 fully saturated rings. The Morgan fingerprint density at radius 1 is 1.33 bits per heavy atom. The normalized spacial score (nSPS) is 9.86. The zero-order chi connectivity index (χ0) is 16.0. The highest BCUT2D eigenvalue weighted by atomic mass is 16.6. The van der Waals surface area contributed by atoms with E-state index in [-0.39, 0.29) is 29.5 Å². The summed E-state index contributed by atoms with van der Waals surface area (Å²) in [5.41, 5.74) is -0.345. The fraction of sp³-hybridized carbons (Fsp3) is 0.385. The number of carbonyl (C=O) groups excluding carboxylic acids is 2. The van der Waals surface area contributed by atoms with E-state index in [1.165, 1.54) is 31.1 Å². The summed E-state index contributed by atoms with van der Waals surface area (Å²) in [4.78, 5) is 34.6. The number of ether oxygens (including phenoxy) is 2. The molecular formula is C13H16N2O6. The lowest BCUT2D eigenvalue weighted by molar-refractivity contribution is -0.385. The molecule has 0 unspecified atom stereocenters. The van der Waals surface area contributed by atoms with E-state index in [0.29, 0.717) is 0 Å². The second-order valence-electron chi connectivity index (χ2n) is 4.24. The van der Waals surface area contributed by atoms with E-state index in [9.17, 15) is 19.7 Å². The molecule has 0 atom stereocenters. The number of hydrogen-bond acceptors (Lipinski definition) is 6. The van der Waals surface area contributed by atoms with E-state index in [4.69, 9.17) is 9.47 Å². The SMILES string of the molecule is CCOc1ccc(C(=O)OCC(=O)N(C)C)cc1[N+](=O)[O-]. The second-order valence-corrected chi connectivity index (χ2v) is 4.24. The summed E-state index contributed by atoms with van der Waals surface area (Å²) in [5.74, 6) is -1.12. The number of carbonyl (C=O) groups is 2. The number of esters is 1. The third-order valence-electron chi connectivity index (χ3n) is 2.52. The maximum absolute atomic E-state index is 11.8. The number of rotatable bonds is 6. The number of nitrogens with zero attached hydrogens (tertiary/aromatic N) is 2. The van der Waals surface area contributed by atoms with Crippen LogP contribution in [-0.4, -0.2) is 49.0 Å². The summed E-state index contributed by atoms with van der Waals surface area (Å²) >= 11 is 0.